The van der Waals surface area contributed by atoms with Crippen LogP contribution >= 0.6 is 24.8 Å². The van der Waals surface area contributed by atoms with Crippen molar-refractivity contribution in [2.45, 2.75) is 31.8 Å². The van der Waals surface area contributed by atoms with Crippen LogP contribution in [0.3, 0.4) is 0 Å². The summed E-state index contributed by atoms with van der Waals surface area (Å²) in [6.45, 7) is 1.65. The Morgan fingerprint density at radius 1 is 1.10 bits per heavy atom. The molecule has 1 aliphatic rings. The summed E-state index contributed by atoms with van der Waals surface area (Å²) in [5, 5.41) is 6.29. The third-order valence-corrected chi connectivity index (χ3v) is 4.65. The van der Waals surface area contributed by atoms with Gasteiger partial charge in [0.25, 0.3) is 0 Å². The molecule has 4 N–H and O–H groups in total. The van der Waals surface area contributed by atoms with Gasteiger partial charge in [-0.05, 0) is 43.1 Å². The molecule has 2 aromatic rings. The van der Waals surface area contributed by atoms with E-state index < -0.39 is 5.91 Å². The molecule has 8 heteroatoms. The first-order chi connectivity index (χ1) is 13.1. The molecule has 0 bridgehead atoms. The first-order valence-corrected chi connectivity index (χ1v) is 9.30. The number of carbonyl (C=O) groups excluding carboxylic acids is 2. The average molecular weight is 439 g/mol. The Morgan fingerprint density at radius 3 is 2.52 bits per heavy atom. The lowest BCUT2D eigenvalue weighted by atomic mass is 10.1. The maximum absolute atomic E-state index is 12.3. The molecule has 1 saturated heterocycles. The van der Waals surface area contributed by atoms with Crippen LogP contribution in [0.2, 0.25) is 0 Å². The number of anilines is 2. The minimum absolute atomic E-state index is 0. The van der Waals surface area contributed by atoms with Gasteiger partial charge in [-0.15, -0.1) is 24.8 Å². The van der Waals surface area contributed by atoms with Gasteiger partial charge in [-0.25, -0.2) is 0 Å². The number of halogens is 2. The van der Waals surface area contributed by atoms with Crippen molar-refractivity contribution in [1.29, 1.82) is 0 Å². The normalized spacial score (nSPS) is 15.0. The summed E-state index contributed by atoms with van der Waals surface area (Å²) in [6, 6.07) is 17.7. The molecule has 1 unspecified atom stereocenters. The Balaban J connectivity index is 0.00000210. The summed E-state index contributed by atoms with van der Waals surface area (Å²) in [4.78, 5) is 25.7. The molecule has 29 heavy (non-hydrogen) atoms. The fourth-order valence-electron chi connectivity index (χ4n) is 3.38. The Morgan fingerprint density at radius 2 is 1.86 bits per heavy atom. The fraction of sp³-hybridized carbons (Fsp3) is 0.333. The van der Waals surface area contributed by atoms with Crippen molar-refractivity contribution < 1.29 is 9.59 Å². The molecule has 2 aromatic carbocycles. The Hall–Kier alpha value is -2.28. The highest BCUT2D eigenvalue weighted by Crippen LogP contribution is 2.22. The van der Waals surface area contributed by atoms with Gasteiger partial charge in [0, 0.05) is 30.4 Å². The van der Waals surface area contributed by atoms with Crippen molar-refractivity contribution in [2.24, 2.45) is 5.73 Å². The number of nitrogens with two attached hydrogens (primary N) is 1. The molecule has 0 saturated carbocycles. The largest absolute Gasteiger partial charge is 0.368 e. The maximum atomic E-state index is 12.3. The predicted octanol–water partition coefficient (Wildman–Crippen LogP) is 3.10. The van der Waals surface area contributed by atoms with E-state index in [4.69, 9.17) is 5.73 Å². The van der Waals surface area contributed by atoms with E-state index in [0.717, 1.165) is 36.3 Å². The highest BCUT2D eigenvalue weighted by molar-refractivity contribution is 5.91. The van der Waals surface area contributed by atoms with Crippen LogP contribution in [0.1, 0.15) is 24.8 Å². The SMILES string of the molecule is Cl.Cl.NC(=O)CN(Cc1ccccc1)c1cccc(NC(=O)CC2CCCN2)c1. The third kappa shape index (κ3) is 7.93. The topological polar surface area (TPSA) is 87.5 Å². The van der Waals surface area contributed by atoms with Gasteiger partial charge in [-0.3, -0.25) is 9.59 Å². The minimum Gasteiger partial charge on any atom is -0.368 e. The van der Waals surface area contributed by atoms with E-state index in [2.05, 4.69) is 10.6 Å². The van der Waals surface area contributed by atoms with E-state index in [1.807, 2.05) is 59.5 Å². The molecule has 1 heterocycles. The highest BCUT2D eigenvalue weighted by Gasteiger charge is 2.18. The number of rotatable bonds is 8. The van der Waals surface area contributed by atoms with Crippen molar-refractivity contribution in [2.75, 3.05) is 23.3 Å². The van der Waals surface area contributed by atoms with Crippen LogP contribution in [-0.2, 0) is 16.1 Å². The number of nitrogens with one attached hydrogen (secondary N) is 2. The van der Waals surface area contributed by atoms with Gasteiger partial charge in [-0.1, -0.05) is 36.4 Å². The maximum Gasteiger partial charge on any atom is 0.236 e. The lowest BCUT2D eigenvalue weighted by Gasteiger charge is -2.24. The fourth-order valence-corrected chi connectivity index (χ4v) is 3.38. The van der Waals surface area contributed by atoms with Crippen molar-refractivity contribution in [3.8, 4) is 0 Å². The molecule has 0 aliphatic carbocycles. The van der Waals surface area contributed by atoms with Crippen molar-refractivity contribution >= 4 is 48.0 Å². The van der Waals surface area contributed by atoms with E-state index in [9.17, 15) is 9.59 Å². The van der Waals surface area contributed by atoms with E-state index in [1.54, 1.807) is 0 Å². The van der Waals surface area contributed by atoms with Crippen LogP contribution < -0.4 is 21.3 Å². The van der Waals surface area contributed by atoms with E-state index in [-0.39, 0.29) is 43.3 Å². The molecule has 0 radical (unpaired) electrons. The van der Waals surface area contributed by atoms with Crippen molar-refractivity contribution in [3.63, 3.8) is 0 Å². The van der Waals surface area contributed by atoms with Crippen molar-refractivity contribution in [1.82, 2.24) is 5.32 Å². The second-order valence-corrected chi connectivity index (χ2v) is 6.90. The van der Waals surface area contributed by atoms with E-state index >= 15 is 0 Å². The summed E-state index contributed by atoms with van der Waals surface area (Å²) in [5.41, 5.74) is 8.08. The average Bonchev–Trinajstić information content (AvgIpc) is 3.15. The van der Waals surface area contributed by atoms with E-state index in [0.29, 0.717) is 13.0 Å². The second-order valence-electron chi connectivity index (χ2n) is 6.90. The second kappa shape index (κ2) is 12.3. The van der Waals surface area contributed by atoms with Gasteiger partial charge in [-0.2, -0.15) is 0 Å². The highest BCUT2D eigenvalue weighted by atomic mass is 35.5. The number of hydrogen-bond acceptors (Lipinski definition) is 4. The molecule has 0 aromatic heterocycles. The molecule has 2 amide bonds. The van der Waals surface area contributed by atoms with Gasteiger partial charge in [0.05, 0.1) is 6.54 Å². The molecular formula is C21H28Cl2N4O2. The Bertz CT molecular complexity index is 783. The van der Waals surface area contributed by atoms with Gasteiger partial charge in [0.15, 0.2) is 0 Å². The van der Waals surface area contributed by atoms with Crippen LogP contribution in [-0.4, -0.2) is 30.9 Å². The zero-order valence-corrected chi connectivity index (χ0v) is 17.8. The Labute approximate surface area is 184 Å². The quantitative estimate of drug-likeness (QED) is 0.590. The number of carbonyl (C=O) groups is 2. The van der Waals surface area contributed by atoms with Gasteiger partial charge < -0.3 is 21.3 Å². The molecule has 1 aliphatic heterocycles. The standard InChI is InChI=1S/C21H26N4O2.2ClH/c22-20(26)15-25(14-16-6-2-1-3-7-16)19-10-4-8-18(12-19)24-21(27)13-17-9-5-11-23-17;;/h1-4,6-8,10,12,17,23H,5,9,11,13-15H2,(H2,22,26)(H,24,27);2*1H. The van der Waals surface area contributed by atoms with Gasteiger partial charge >= 0.3 is 0 Å². The Kier molecular flexibility index (Phi) is 10.5. The number of benzene rings is 2. The summed E-state index contributed by atoms with van der Waals surface area (Å²) < 4.78 is 0. The molecule has 1 atom stereocenters. The third-order valence-electron chi connectivity index (χ3n) is 4.65. The first kappa shape index (κ1) is 24.8. The number of primary amides is 1. The number of amides is 2. The molecule has 3 rings (SSSR count). The molecule has 0 spiro atoms. The first-order valence-electron chi connectivity index (χ1n) is 9.30. The summed E-state index contributed by atoms with van der Waals surface area (Å²) in [6.07, 6.45) is 2.63. The smallest absolute Gasteiger partial charge is 0.236 e. The van der Waals surface area contributed by atoms with Crippen LogP contribution in [0.25, 0.3) is 0 Å². The van der Waals surface area contributed by atoms with Crippen molar-refractivity contribution in [3.05, 3.63) is 60.2 Å². The molecule has 1 fully saturated rings. The van der Waals surface area contributed by atoms with Gasteiger partial charge in [0.2, 0.25) is 11.8 Å². The lowest BCUT2D eigenvalue weighted by molar-refractivity contribution is -0.117. The van der Waals surface area contributed by atoms with Gasteiger partial charge in [0.1, 0.15) is 0 Å². The van der Waals surface area contributed by atoms with Crippen LogP contribution in [0, 0.1) is 0 Å². The van der Waals surface area contributed by atoms with E-state index in [1.165, 1.54) is 0 Å². The summed E-state index contributed by atoms with van der Waals surface area (Å²) in [5.74, 6) is -0.399. The summed E-state index contributed by atoms with van der Waals surface area (Å²) >= 11 is 0. The zero-order valence-electron chi connectivity index (χ0n) is 16.2. The lowest BCUT2D eigenvalue weighted by Crippen LogP contribution is -2.33. The van der Waals surface area contributed by atoms with Crippen LogP contribution in [0.4, 0.5) is 11.4 Å². The number of nitrogens with zero attached hydrogens (tertiary/aromatic N) is 1. The minimum atomic E-state index is -0.396. The summed E-state index contributed by atoms with van der Waals surface area (Å²) in [7, 11) is 0. The molecular weight excluding hydrogens is 411 g/mol. The molecule has 6 nitrogen and oxygen atoms in total. The molecule has 158 valence electrons. The van der Waals surface area contributed by atoms with Crippen LogP contribution in [0.15, 0.2) is 54.6 Å². The monoisotopic (exact) mass is 438 g/mol. The predicted molar refractivity (Wildman–Crippen MR) is 122 cm³/mol. The number of hydrogen-bond donors (Lipinski definition) is 3. The zero-order chi connectivity index (χ0) is 19.1. The van der Waals surface area contributed by atoms with Crippen LogP contribution in [0.5, 0.6) is 0 Å².